The van der Waals surface area contributed by atoms with Gasteiger partial charge in [-0.1, -0.05) is 42.5 Å². The van der Waals surface area contributed by atoms with E-state index >= 15 is 0 Å². The normalized spacial score (nSPS) is 22.7. The fourth-order valence-electron chi connectivity index (χ4n) is 4.09. The van der Waals surface area contributed by atoms with Crippen LogP contribution in [0, 0.1) is 0 Å². The number of sulfone groups is 1. The van der Waals surface area contributed by atoms with Crippen LogP contribution in [-0.4, -0.2) is 62.6 Å². The molecule has 160 valence electrons. The van der Waals surface area contributed by atoms with Crippen LogP contribution >= 0.6 is 0 Å². The molecular weight excluding hydrogens is 402 g/mol. The summed E-state index contributed by atoms with van der Waals surface area (Å²) in [5.41, 5.74) is 2.19. The van der Waals surface area contributed by atoms with Crippen molar-refractivity contribution in [3.63, 3.8) is 0 Å². The Balaban J connectivity index is 1.39. The van der Waals surface area contributed by atoms with Crippen LogP contribution < -0.4 is 4.74 Å². The minimum atomic E-state index is -3.08. The summed E-state index contributed by atoms with van der Waals surface area (Å²) in [5, 5.41) is 0. The van der Waals surface area contributed by atoms with E-state index in [1.807, 2.05) is 54.6 Å². The Labute approximate surface area is 177 Å². The Bertz CT molecular complexity index is 953. The molecule has 0 saturated carbocycles. The first-order valence-electron chi connectivity index (χ1n) is 10.4. The third-order valence-corrected chi connectivity index (χ3v) is 7.47. The van der Waals surface area contributed by atoms with Crippen LogP contribution in [0.2, 0.25) is 0 Å². The Morgan fingerprint density at radius 3 is 2.40 bits per heavy atom. The van der Waals surface area contributed by atoms with Crippen LogP contribution in [0.4, 0.5) is 0 Å². The van der Waals surface area contributed by atoms with Gasteiger partial charge in [0.1, 0.15) is 5.75 Å². The third kappa shape index (κ3) is 5.21. The molecule has 0 N–H and O–H groups in total. The molecule has 2 heterocycles. The molecule has 2 unspecified atom stereocenters. The average molecular weight is 430 g/mol. The molecule has 2 aromatic carbocycles. The molecular formula is C23H27NO5S. The van der Waals surface area contributed by atoms with Crippen molar-refractivity contribution in [3.05, 3.63) is 54.6 Å². The number of hydrogen-bond acceptors (Lipinski definition) is 5. The Hall–Kier alpha value is -2.38. The molecule has 7 heteroatoms. The van der Waals surface area contributed by atoms with E-state index in [-0.39, 0.29) is 36.2 Å². The standard InChI is InChI=1S/C23H27NO5S/c25-23(16-29-21-10-8-19(9-11-21)18-5-2-1-3-6-18)24(15-22-7-4-13-28-22)20-12-14-30(26,27)17-20/h1-3,5-6,8-11,20,22H,4,7,12-17H2. The van der Waals surface area contributed by atoms with Crippen molar-refractivity contribution < 1.29 is 22.7 Å². The highest BCUT2D eigenvalue weighted by Gasteiger charge is 2.36. The van der Waals surface area contributed by atoms with Gasteiger partial charge in [0, 0.05) is 19.2 Å². The zero-order chi connectivity index (χ0) is 21.0. The van der Waals surface area contributed by atoms with Crippen molar-refractivity contribution in [2.45, 2.75) is 31.4 Å². The van der Waals surface area contributed by atoms with E-state index in [1.54, 1.807) is 4.90 Å². The Morgan fingerprint density at radius 2 is 1.77 bits per heavy atom. The van der Waals surface area contributed by atoms with E-state index in [4.69, 9.17) is 9.47 Å². The lowest BCUT2D eigenvalue weighted by atomic mass is 10.1. The van der Waals surface area contributed by atoms with Crippen molar-refractivity contribution in [1.29, 1.82) is 0 Å². The Kier molecular flexibility index (Phi) is 6.39. The van der Waals surface area contributed by atoms with E-state index in [0.717, 1.165) is 24.0 Å². The van der Waals surface area contributed by atoms with E-state index in [9.17, 15) is 13.2 Å². The maximum absolute atomic E-state index is 12.9. The molecule has 0 spiro atoms. The van der Waals surface area contributed by atoms with Gasteiger partial charge in [0.25, 0.3) is 5.91 Å². The second-order valence-electron chi connectivity index (χ2n) is 7.92. The van der Waals surface area contributed by atoms with Gasteiger partial charge in [-0.05, 0) is 42.5 Å². The average Bonchev–Trinajstić information content (AvgIpc) is 3.40. The van der Waals surface area contributed by atoms with E-state index in [2.05, 4.69) is 0 Å². The molecule has 6 nitrogen and oxygen atoms in total. The van der Waals surface area contributed by atoms with Gasteiger partial charge in [0.15, 0.2) is 16.4 Å². The first kappa shape index (κ1) is 20.9. The summed E-state index contributed by atoms with van der Waals surface area (Å²) in [6.45, 7) is 1.00. The molecule has 0 bridgehead atoms. The molecule has 4 rings (SSSR count). The van der Waals surface area contributed by atoms with Crippen LogP contribution in [0.15, 0.2) is 54.6 Å². The molecule has 0 aliphatic carbocycles. The van der Waals surface area contributed by atoms with Gasteiger partial charge in [-0.15, -0.1) is 0 Å². The zero-order valence-corrected chi connectivity index (χ0v) is 17.7. The zero-order valence-electron chi connectivity index (χ0n) is 16.9. The molecule has 2 aliphatic rings. The number of rotatable bonds is 7. The van der Waals surface area contributed by atoms with Crippen molar-refractivity contribution in [1.82, 2.24) is 4.90 Å². The lowest BCUT2D eigenvalue weighted by Gasteiger charge is -2.30. The number of nitrogens with zero attached hydrogens (tertiary/aromatic N) is 1. The van der Waals surface area contributed by atoms with E-state index in [1.165, 1.54) is 0 Å². The van der Waals surface area contributed by atoms with Gasteiger partial charge < -0.3 is 14.4 Å². The Morgan fingerprint density at radius 1 is 1.03 bits per heavy atom. The predicted molar refractivity (Wildman–Crippen MR) is 115 cm³/mol. The fourth-order valence-corrected chi connectivity index (χ4v) is 5.82. The molecule has 2 atom stereocenters. The van der Waals surface area contributed by atoms with Crippen molar-refractivity contribution in [3.8, 4) is 16.9 Å². The monoisotopic (exact) mass is 429 g/mol. The maximum atomic E-state index is 12.9. The number of carbonyl (C=O) groups is 1. The second-order valence-corrected chi connectivity index (χ2v) is 10.1. The van der Waals surface area contributed by atoms with E-state index < -0.39 is 9.84 Å². The van der Waals surface area contributed by atoms with E-state index in [0.29, 0.717) is 25.3 Å². The molecule has 2 fully saturated rings. The predicted octanol–water partition coefficient (Wildman–Crippen LogP) is 2.93. The highest BCUT2D eigenvalue weighted by Crippen LogP contribution is 2.24. The van der Waals surface area contributed by atoms with Gasteiger partial charge >= 0.3 is 0 Å². The summed E-state index contributed by atoms with van der Waals surface area (Å²) in [7, 11) is -3.08. The SMILES string of the molecule is O=C(COc1ccc(-c2ccccc2)cc1)N(CC1CCCO1)C1CCS(=O)(=O)C1. The summed E-state index contributed by atoms with van der Waals surface area (Å²) in [5.74, 6) is 0.574. The van der Waals surface area contributed by atoms with Gasteiger partial charge in [-0.2, -0.15) is 0 Å². The quantitative estimate of drug-likeness (QED) is 0.677. The number of carbonyl (C=O) groups excluding carboxylic acids is 1. The summed E-state index contributed by atoms with van der Waals surface area (Å²) < 4.78 is 35.3. The lowest BCUT2D eigenvalue weighted by Crippen LogP contribution is -2.47. The third-order valence-electron chi connectivity index (χ3n) is 5.72. The fraction of sp³-hybridized carbons (Fsp3) is 0.435. The minimum Gasteiger partial charge on any atom is -0.484 e. The van der Waals surface area contributed by atoms with Gasteiger partial charge in [-0.3, -0.25) is 4.79 Å². The maximum Gasteiger partial charge on any atom is 0.260 e. The topological polar surface area (TPSA) is 72.9 Å². The first-order valence-corrected chi connectivity index (χ1v) is 12.2. The summed E-state index contributed by atoms with van der Waals surface area (Å²) in [6, 6.07) is 17.4. The highest BCUT2D eigenvalue weighted by atomic mass is 32.2. The van der Waals surface area contributed by atoms with Crippen molar-refractivity contribution >= 4 is 15.7 Å². The number of amides is 1. The van der Waals surface area contributed by atoms with Crippen LogP contribution in [0.3, 0.4) is 0 Å². The van der Waals surface area contributed by atoms with Gasteiger partial charge in [0.2, 0.25) is 0 Å². The van der Waals surface area contributed by atoms with Crippen molar-refractivity contribution in [2.75, 3.05) is 31.3 Å². The number of ether oxygens (including phenoxy) is 2. The first-order chi connectivity index (χ1) is 14.5. The minimum absolute atomic E-state index is 0.0250. The molecule has 0 aromatic heterocycles. The van der Waals surface area contributed by atoms with Crippen molar-refractivity contribution in [2.24, 2.45) is 0 Å². The van der Waals surface area contributed by atoms with Crippen LogP contribution in [0.1, 0.15) is 19.3 Å². The largest absolute Gasteiger partial charge is 0.484 e. The van der Waals surface area contributed by atoms with Crippen LogP contribution in [0.5, 0.6) is 5.75 Å². The number of hydrogen-bond donors (Lipinski definition) is 0. The van der Waals surface area contributed by atoms with Crippen LogP contribution in [0.25, 0.3) is 11.1 Å². The highest BCUT2D eigenvalue weighted by molar-refractivity contribution is 7.91. The molecule has 2 saturated heterocycles. The summed E-state index contributed by atoms with van der Waals surface area (Å²) >= 11 is 0. The van der Waals surface area contributed by atoms with Gasteiger partial charge in [-0.25, -0.2) is 8.42 Å². The van der Waals surface area contributed by atoms with Crippen LogP contribution in [-0.2, 0) is 19.4 Å². The summed E-state index contributed by atoms with van der Waals surface area (Å²) in [6.07, 6.45) is 2.32. The molecule has 30 heavy (non-hydrogen) atoms. The van der Waals surface area contributed by atoms with Gasteiger partial charge in [0.05, 0.1) is 17.6 Å². The molecule has 2 aliphatic heterocycles. The smallest absolute Gasteiger partial charge is 0.260 e. The molecule has 0 radical (unpaired) electrons. The molecule has 1 amide bonds. The summed E-state index contributed by atoms with van der Waals surface area (Å²) in [4.78, 5) is 14.6. The molecule has 2 aromatic rings. The second kappa shape index (κ2) is 9.18. The number of benzene rings is 2. The lowest BCUT2D eigenvalue weighted by molar-refractivity contribution is -0.137.